The Balaban J connectivity index is 2.14. The van der Waals surface area contributed by atoms with Gasteiger partial charge in [0.2, 0.25) is 0 Å². The van der Waals surface area contributed by atoms with E-state index in [1.54, 1.807) is 0 Å². The van der Waals surface area contributed by atoms with Gasteiger partial charge in [-0.1, -0.05) is 12.2 Å². The second-order valence-corrected chi connectivity index (χ2v) is 6.12. The molecular formula is C14H25N. The molecule has 2 rings (SSSR count). The third kappa shape index (κ3) is 2.44. The lowest BCUT2D eigenvalue weighted by atomic mass is 9.82. The van der Waals surface area contributed by atoms with Crippen LogP contribution >= 0.6 is 0 Å². The molecule has 0 spiro atoms. The van der Waals surface area contributed by atoms with Gasteiger partial charge in [0.05, 0.1) is 0 Å². The van der Waals surface area contributed by atoms with E-state index in [1.807, 2.05) is 0 Å². The Morgan fingerprint density at radius 2 is 1.93 bits per heavy atom. The minimum absolute atomic E-state index is 0.349. The highest BCUT2D eigenvalue weighted by molar-refractivity contribution is 4.99. The SMILES string of the molecule is CC(C)(C)N1CCCC2CCC=CCC21. The molecule has 1 aliphatic carbocycles. The van der Waals surface area contributed by atoms with Gasteiger partial charge < -0.3 is 0 Å². The highest BCUT2D eigenvalue weighted by Gasteiger charge is 2.36. The molecule has 1 fully saturated rings. The van der Waals surface area contributed by atoms with Gasteiger partial charge in [-0.3, -0.25) is 4.90 Å². The van der Waals surface area contributed by atoms with Crippen LogP contribution < -0.4 is 0 Å². The van der Waals surface area contributed by atoms with E-state index < -0.39 is 0 Å². The number of fused-ring (bicyclic) bond motifs is 1. The van der Waals surface area contributed by atoms with Gasteiger partial charge in [-0.25, -0.2) is 0 Å². The van der Waals surface area contributed by atoms with Crippen LogP contribution in [0.25, 0.3) is 0 Å². The maximum atomic E-state index is 2.75. The van der Waals surface area contributed by atoms with Gasteiger partial charge in [0.1, 0.15) is 0 Å². The van der Waals surface area contributed by atoms with Crippen molar-refractivity contribution in [3.63, 3.8) is 0 Å². The van der Waals surface area contributed by atoms with Gasteiger partial charge in [-0.2, -0.15) is 0 Å². The lowest BCUT2D eigenvalue weighted by molar-refractivity contribution is 0.0159. The summed E-state index contributed by atoms with van der Waals surface area (Å²) in [6.45, 7) is 8.40. The molecule has 0 aromatic carbocycles. The molecular weight excluding hydrogens is 182 g/mol. The molecule has 2 unspecified atom stereocenters. The normalized spacial score (nSPS) is 33.5. The van der Waals surface area contributed by atoms with E-state index in [1.165, 1.54) is 38.6 Å². The van der Waals surface area contributed by atoms with Gasteiger partial charge >= 0.3 is 0 Å². The lowest BCUT2D eigenvalue weighted by Crippen LogP contribution is -2.53. The second kappa shape index (κ2) is 4.29. The number of nitrogens with zero attached hydrogens (tertiary/aromatic N) is 1. The van der Waals surface area contributed by atoms with E-state index in [2.05, 4.69) is 37.8 Å². The summed E-state index contributed by atoms with van der Waals surface area (Å²) in [5.41, 5.74) is 0.349. The Kier molecular flexibility index (Phi) is 3.20. The van der Waals surface area contributed by atoms with Crippen LogP contribution in [0.1, 0.15) is 52.9 Å². The van der Waals surface area contributed by atoms with E-state index in [0.29, 0.717) is 5.54 Å². The molecule has 0 aromatic rings. The summed E-state index contributed by atoms with van der Waals surface area (Å²) in [7, 11) is 0. The minimum atomic E-state index is 0.349. The van der Waals surface area contributed by atoms with Crippen molar-refractivity contribution in [3.8, 4) is 0 Å². The van der Waals surface area contributed by atoms with Gasteiger partial charge in [0.15, 0.2) is 0 Å². The lowest BCUT2D eigenvalue weighted by Gasteiger charge is -2.48. The fraction of sp³-hybridized carbons (Fsp3) is 0.857. The first-order valence-electron chi connectivity index (χ1n) is 6.51. The number of allylic oxidation sites excluding steroid dienone is 1. The zero-order valence-electron chi connectivity index (χ0n) is 10.5. The Hall–Kier alpha value is -0.300. The highest BCUT2D eigenvalue weighted by Crippen LogP contribution is 2.35. The molecule has 1 aliphatic heterocycles. The minimum Gasteiger partial charge on any atom is -0.295 e. The molecule has 0 N–H and O–H groups in total. The summed E-state index contributed by atoms with van der Waals surface area (Å²) in [5, 5.41) is 0. The Morgan fingerprint density at radius 1 is 1.13 bits per heavy atom. The molecule has 2 aliphatic rings. The van der Waals surface area contributed by atoms with Crippen LogP contribution in [0.15, 0.2) is 12.2 Å². The molecule has 1 heterocycles. The van der Waals surface area contributed by atoms with E-state index in [9.17, 15) is 0 Å². The van der Waals surface area contributed by atoms with Crippen LogP contribution in [0.2, 0.25) is 0 Å². The summed E-state index contributed by atoms with van der Waals surface area (Å²) in [5.74, 6) is 0.952. The standard InChI is InChI=1S/C14H25N/c1-14(2,3)15-11-7-9-12-8-5-4-6-10-13(12)15/h4,6,12-13H,5,7-11H2,1-3H3. The summed E-state index contributed by atoms with van der Waals surface area (Å²) in [4.78, 5) is 2.75. The Morgan fingerprint density at radius 3 is 2.67 bits per heavy atom. The number of piperidine rings is 1. The third-order valence-corrected chi connectivity index (χ3v) is 4.03. The first kappa shape index (κ1) is 11.2. The van der Waals surface area contributed by atoms with Crippen molar-refractivity contribution in [1.29, 1.82) is 0 Å². The van der Waals surface area contributed by atoms with Crippen molar-refractivity contribution in [3.05, 3.63) is 12.2 Å². The van der Waals surface area contributed by atoms with Crippen LogP contribution in [-0.2, 0) is 0 Å². The first-order chi connectivity index (χ1) is 7.09. The molecule has 2 atom stereocenters. The molecule has 0 radical (unpaired) electrons. The van der Waals surface area contributed by atoms with Crippen LogP contribution in [0.5, 0.6) is 0 Å². The summed E-state index contributed by atoms with van der Waals surface area (Å²) in [6, 6.07) is 0.817. The van der Waals surface area contributed by atoms with E-state index in [4.69, 9.17) is 0 Å². The monoisotopic (exact) mass is 207 g/mol. The van der Waals surface area contributed by atoms with E-state index >= 15 is 0 Å². The largest absolute Gasteiger partial charge is 0.295 e. The number of likely N-dealkylation sites (tertiary alicyclic amines) is 1. The number of rotatable bonds is 0. The van der Waals surface area contributed by atoms with E-state index in [-0.39, 0.29) is 0 Å². The Labute approximate surface area is 94.5 Å². The predicted molar refractivity (Wildman–Crippen MR) is 66.0 cm³/mol. The zero-order chi connectivity index (χ0) is 10.9. The van der Waals surface area contributed by atoms with Gasteiger partial charge in [0.25, 0.3) is 0 Å². The van der Waals surface area contributed by atoms with Crippen molar-refractivity contribution in [2.75, 3.05) is 6.54 Å². The fourth-order valence-corrected chi connectivity index (χ4v) is 3.29. The van der Waals surface area contributed by atoms with Crippen LogP contribution in [0.3, 0.4) is 0 Å². The maximum absolute atomic E-state index is 2.75. The first-order valence-corrected chi connectivity index (χ1v) is 6.51. The van der Waals surface area contributed by atoms with Gasteiger partial charge in [-0.05, 0) is 65.3 Å². The van der Waals surface area contributed by atoms with Crippen molar-refractivity contribution in [2.24, 2.45) is 5.92 Å². The molecule has 15 heavy (non-hydrogen) atoms. The molecule has 86 valence electrons. The average molecular weight is 207 g/mol. The summed E-state index contributed by atoms with van der Waals surface area (Å²) < 4.78 is 0. The van der Waals surface area contributed by atoms with Gasteiger partial charge in [-0.15, -0.1) is 0 Å². The second-order valence-electron chi connectivity index (χ2n) is 6.12. The quantitative estimate of drug-likeness (QED) is 0.549. The van der Waals surface area contributed by atoms with Crippen molar-refractivity contribution >= 4 is 0 Å². The smallest absolute Gasteiger partial charge is 0.0163 e. The van der Waals surface area contributed by atoms with Crippen LogP contribution in [0, 0.1) is 5.92 Å². The zero-order valence-corrected chi connectivity index (χ0v) is 10.5. The Bertz CT molecular complexity index is 236. The molecule has 1 nitrogen and oxygen atoms in total. The molecule has 0 saturated carbocycles. The van der Waals surface area contributed by atoms with Crippen LogP contribution in [0.4, 0.5) is 0 Å². The predicted octanol–water partition coefficient (Wildman–Crippen LogP) is 3.61. The molecule has 0 aromatic heterocycles. The average Bonchev–Trinajstić information content (AvgIpc) is 2.39. The molecule has 0 amide bonds. The van der Waals surface area contributed by atoms with Crippen molar-refractivity contribution in [2.45, 2.75) is 64.5 Å². The fourth-order valence-electron chi connectivity index (χ4n) is 3.29. The summed E-state index contributed by atoms with van der Waals surface area (Å²) >= 11 is 0. The van der Waals surface area contributed by atoms with Crippen molar-refractivity contribution < 1.29 is 0 Å². The highest BCUT2D eigenvalue weighted by atomic mass is 15.2. The molecule has 1 heteroatoms. The molecule has 0 bridgehead atoms. The number of hydrogen-bond donors (Lipinski definition) is 0. The topological polar surface area (TPSA) is 3.24 Å². The number of hydrogen-bond acceptors (Lipinski definition) is 1. The van der Waals surface area contributed by atoms with E-state index in [0.717, 1.165) is 12.0 Å². The third-order valence-electron chi connectivity index (χ3n) is 4.03. The summed E-state index contributed by atoms with van der Waals surface area (Å²) in [6.07, 6.45) is 11.7. The maximum Gasteiger partial charge on any atom is 0.0163 e. The van der Waals surface area contributed by atoms with Crippen molar-refractivity contribution in [1.82, 2.24) is 4.90 Å². The van der Waals surface area contributed by atoms with Crippen LogP contribution in [-0.4, -0.2) is 23.0 Å². The molecule has 1 saturated heterocycles. The van der Waals surface area contributed by atoms with Gasteiger partial charge in [0, 0.05) is 11.6 Å².